The van der Waals surface area contributed by atoms with Gasteiger partial charge in [-0.25, -0.2) is 0 Å². The quantitative estimate of drug-likeness (QED) is 0.475. The molecule has 1 aromatic carbocycles. The van der Waals surface area contributed by atoms with E-state index in [2.05, 4.69) is 5.43 Å². The fraction of sp³-hybridized carbons (Fsp3) is 0. The molecule has 1 rings (SSSR count). The van der Waals surface area contributed by atoms with Gasteiger partial charge in [0, 0.05) is 16.8 Å². The second-order valence-corrected chi connectivity index (χ2v) is 2.65. The molecule has 0 saturated heterocycles. The predicted octanol–water partition coefficient (Wildman–Crippen LogP) is 1.06. The Bertz CT molecular complexity index is 296. The molecular formula is C8H10ClN3. The van der Waals surface area contributed by atoms with E-state index in [9.17, 15) is 0 Å². The van der Waals surface area contributed by atoms with E-state index in [0.717, 1.165) is 5.56 Å². The minimum absolute atomic E-state index is 0.517. The van der Waals surface area contributed by atoms with Crippen LogP contribution < -0.4 is 17.0 Å². The molecule has 0 atom stereocenters. The number of benzene rings is 1. The summed E-state index contributed by atoms with van der Waals surface area (Å²) in [7, 11) is 0. The molecule has 4 heteroatoms. The van der Waals surface area contributed by atoms with E-state index in [1.165, 1.54) is 6.20 Å². The van der Waals surface area contributed by atoms with Gasteiger partial charge < -0.3 is 11.2 Å². The molecule has 5 N–H and O–H groups in total. The Hall–Kier alpha value is -1.19. The third-order valence-corrected chi connectivity index (χ3v) is 1.75. The molecule has 0 unspecified atom stereocenters. The Morgan fingerprint density at radius 3 is 2.67 bits per heavy atom. The van der Waals surface area contributed by atoms with Crippen molar-refractivity contribution in [2.75, 3.05) is 0 Å². The number of nitrogens with one attached hydrogen (secondary N) is 1. The van der Waals surface area contributed by atoms with E-state index in [0.29, 0.717) is 10.7 Å². The molecule has 0 aromatic heterocycles. The lowest BCUT2D eigenvalue weighted by atomic mass is 10.2. The van der Waals surface area contributed by atoms with E-state index < -0.39 is 0 Å². The second-order valence-electron chi connectivity index (χ2n) is 2.25. The minimum atomic E-state index is 0.517. The molecule has 0 fully saturated rings. The minimum Gasteiger partial charge on any atom is -0.397 e. The Morgan fingerprint density at radius 1 is 1.42 bits per heavy atom. The fourth-order valence-corrected chi connectivity index (χ4v) is 1.11. The van der Waals surface area contributed by atoms with Crippen molar-refractivity contribution in [3.8, 4) is 0 Å². The number of rotatable bonds is 2. The molecule has 0 aliphatic heterocycles. The van der Waals surface area contributed by atoms with Gasteiger partial charge >= 0.3 is 0 Å². The summed E-state index contributed by atoms with van der Waals surface area (Å²) in [6.45, 7) is 0. The van der Waals surface area contributed by atoms with E-state index in [1.807, 2.05) is 18.2 Å². The van der Waals surface area contributed by atoms with Crippen molar-refractivity contribution in [2.45, 2.75) is 0 Å². The third-order valence-electron chi connectivity index (χ3n) is 1.42. The van der Waals surface area contributed by atoms with Crippen LogP contribution in [-0.4, -0.2) is 0 Å². The molecular weight excluding hydrogens is 174 g/mol. The van der Waals surface area contributed by atoms with Gasteiger partial charge in [-0.2, -0.15) is 0 Å². The molecule has 64 valence electrons. The zero-order valence-electron chi connectivity index (χ0n) is 6.42. The second kappa shape index (κ2) is 3.99. The summed E-state index contributed by atoms with van der Waals surface area (Å²) < 4.78 is 0. The van der Waals surface area contributed by atoms with Crippen LogP contribution in [0.3, 0.4) is 0 Å². The monoisotopic (exact) mass is 183 g/mol. The van der Waals surface area contributed by atoms with Crippen molar-refractivity contribution in [1.82, 2.24) is 5.43 Å². The van der Waals surface area contributed by atoms with Gasteiger partial charge in [0.05, 0.1) is 5.70 Å². The molecule has 1 aromatic rings. The van der Waals surface area contributed by atoms with Crippen molar-refractivity contribution in [3.05, 3.63) is 41.1 Å². The molecule has 0 heterocycles. The van der Waals surface area contributed by atoms with Crippen LogP contribution in [0.4, 0.5) is 0 Å². The molecule has 3 nitrogen and oxygen atoms in total. The lowest BCUT2D eigenvalue weighted by Gasteiger charge is -2.03. The van der Waals surface area contributed by atoms with Crippen LogP contribution in [0.1, 0.15) is 5.56 Å². The molecule has 12 heavy (non-hydrogen) atoms. The van der Waals surface area contributed by atoms with E-state index in [-0.39, 0.29) is 0 Å². The van der Waals surface area contributed by atoms with Crippen LogP contribution in [0.15, 0.2) is 30.5 Å². The lowest BCUT2D eigenvalue weighted by molar-refractivity contribution is 0.967. The summed E-state index contributed by atoms with van der Waals surface area (Å²) in [6.07, 6.45) is 1.49. The van der Waals surface area contributed by atoms with Crippen LogP contribution in [-0.2, 0) is 0 Å². The highest BCUT2D eigenvalue weighted by atomic mass is 35.5. The van der Waals surface area contributed by atoms with Gasteiger partial charge in [0.1, 0.15) is 0 Å². The zero-order valence-corrected chi connectivity index (χ0v) is 7.18. The summed E-state index contributed by atoms with van der Waals surface area (Å²) in [6, 6.07) is 7.30. The van der Waals surface area contributed by atoms with Gasteiger partial charge in [-0.05, 0) is 6.07 Å². The normalized spacial score (nSPS) is 11.3. The Kier molecular flexibility index (Phi) is 2.96. The SMILES string of the molecule is NN/C=C(\N)c1ccccc1Cl. The van der Waals surface area contributed by atoms with Crippen molar-refractivity contribution in [2.24, 2.45) is 11.6 Å². The van der Waals surface area contributed by atoms with Crippen LogP contribution in [0, 0.1) is 0 Å². The van der Waals surface area contributed by atoms with E-state index in [4.69, 9.17) is 23.2 Å². The first kappa shape index (κ1) is 8.90. The van der Waals surface area contributed by atoms with Gasteiger partial charge in [-0.1, -0.05) is 29.8 Å². The van der Waals surface area contributed by atoms with Crippen molar-refractivity contribution < 1.29 is 0 Å². The standard InChI is InChI=1S/C8H10ClN3/c9-7-4-2-1-3-6(7)8(10)5-12-11/h1-5,12H,10-11H2/b8-5-. The first-order valence-electron chi connectivity index (χ1n) is 3.42. The smallest absolute Gasteiger partial charge is 0.0576 e. The highest BCUT2D eigenvalue weighted by Gasteiger charge is 1.99. The summed E-state index contributed by atoms with van der Waals surface area (Å²) in [5.41, 5.74) is 9.28. The maximum absolute atomic E-state index is 5.87. The molecule has 0 radical (unpaired) electrons. The highest BCUT2D eigenvalue weighted by Crippen LogP contribution is 2.19. The van der Waals surface area contributed by atoms with Gasteiger partial charge in [-0.15, -0.1) is 0 Å². The van der Waals surface area contributed by atoms with Crippen LogP contribution in [0.25, 0.3) is 5.70 Å². The average Bonchev–Trinajstić information content (AvgIpc) is 2.05. The van der Waals surface area contributed by atoms with E-state index in [1.54, 1.807) is 6.07 Å². The Balaban J connectivity index is 3.02. The van der Waals surface area contributed by atoms with E-state index >= 15 is 0 Å². The van der Waals surface area contributed by atoms with Crippen LogP contribution in [0.2, 0.25) is 5.02 Å². The molecule has 0 aliphatic rings. The van der Waals surface area contributed by atoms with Crippen LogP contribution in [0.5, 0.6) is 0 Å². The number of hydrogen-bond donors (Lipinski definition) is 3. The topological polar surface area (TPSA) is 64.1 Å². The zero-order chi connectivity index (χ0) is 8.97. The Labute approximate surface area is 76.0 Å². The van der Waals surface area contributed by atoms with Crippen molar-refractivity contribution in [1.29, 1.82) is 0 Å². The number of halogens is 1. The number of hydrogen-bond acceptors (Lipinski definition) is 3. The fourth-order valence-electron chi connectivity index (χ4n) is 0.863. The first-order valence-corrected chi connectivity index (χ1v) is 3.80. The van der Waals surface area contributed by atoms with Crippen molar-refractivity contribution >= 4 is 17.3 Å². The number of hydrazine groups is 1. The largest absolute Gasteiger partial charge is 0.397 e. The van der Waals surface area contributed by atoms with Crippen LogP contribution >= 0.6 is 11.6 Å². The molecule has 0 spiro atoms. The summed E-state index contributed by atoms with van der Waals surface area (Å²) in [5, 5.41) is 0.613. The van der Waals surface area contributed by atoms with Gasteiger partial charge in [0.15, 0.2) is 0 Å². The Morgan fingerprint density at radius 2 is 2.08 bits per heavy atom. The van der Waals surface area contributed by atoms with Gasteiger partial charge in [0.25, 0.3) is 0 Å². The maximum atomic E-state index is 5.87. The van der Waals surface area contributed by atoms with Crippen molar-refractivity contribution in [3.63, 3.8) is 0 Å². The molecule has 0 amide bonds. The summed E-state index contributed by atoms with van der Waals surface area (Å²) in [5.74, 6) is 5.07. The third kappa shape index (κ3) is 1.90. The molecule has 0 aliphatic carbocycles. The predicted molar refractivity (Wildman–Crippen MR) is 50.9 cm³/mol. The molecule has 0 saturated carbocycles. The number of nitrogens with two attached hydrogens (primary N) is 2. The summed E-state index contributed by atoms with van der Waals surface area (Å²) >= 11 is 5.87. The van der Waals surface area contributed by atoms with Gasteiger partial charge in [-0.3, -0.25) is 5.84 Å². The summed E-state index contributed by atoms with van der Waals surface area (Å²) in [4.78, 5) is 0. The van der Waals surface area contributed by atoms with Gasteiger partial charge in [0.2, 0.25) is 0 Å². The first-order chi connectivity index (χ1) is 5.75. The highest BCUT2D eigenvalue weighted by molar-refractivity contribution is 6.32. The maximum Gasteiger partial charge on any atom is 0.0576 e. The average molecular weight is 184 g/mol. The lowest BCUT2D eigenvalue weighted by Crippen LogP contribution is -2.16. The molecule has 0 bridgehead atoms.